The van der Waals surface area contributed by atoms with Gasteiger partial charge < -0.3 is 15.3 Å². The fraction of sp³-hybridized carbons (Fsp3) is 1.00. The fourth-order valence-corrected chi connectivity index (χ4v) is 2.52. The Morgan fingerprint density at radius 3 is 2.50 bits per heavy atom. The van der Waals surface area contributed by atoms with Gasteiger partial charge in [-0.1, -0.05) is 13.3 Å². The van der Waals surface area contributed by atoms with Crippen LogP contribution in [0.3, 0.4) is 0 Å². The highest BCUT2D eigenvalue weighted by atomic mass is 16.3. The number of β-amino-alcohol motifs (C(OH)–C–C–N with tert-alkyl or cyclic N) is 1. The van der Waals surface area contributed by atoms with Crippen LogP contribution in [0, 0.1) is 5.92 Å². The summed E-state index contributed by atoms with van der Waals surface area (Å²) < 4.78 is 0. The third kappa shape index (κ3) is 3.72. The van der Waals surface area contributed by atoms with Gasteiger partial charge in [-0.05, 0) is 44.7 Å². The molecule has 0 amide bonds. The van der Waals surface area contributed by atoms with E-state index in [0.717, 1.165) is 19.0 Å². The van der Waals surface area contributed by atoms with E-state index in [1.807, 2.05) is 0 Å². The minimum Gasteiger partial charge on any atom is -0.390 e. The number of nitrogens with one attached hydrogen (secondary N) is 1. The molecule has 94 valence electrons. The molecule has 0 aromatic rings. The molecule has 1 atom stereocenters. The summed E-state index contributed by atoms with van der Waals surface area (Å²) >= 11 is 0. The maximum absolute atomic E-state index is 9.93. The smallest absolute Gasteiger partial charge is 0.0791 e. The number of aliphatic hydroxyl groups excluding tert-OH is 1. The Bertz CT molecular complexity index is 198. The van der Waals surface area contributed by atoms with E-state index in [0.29, 0.717) is 6.04 Å². The summed E-state index contributed by atoms with van der Waals surface area (Å²) in [6, 6.07) is 0.691. The minimum absolute atomic E-state index is 0.186. The van der Waals surface area contributed by atoms with Crippen molar-refractivity contribution in [1.29, 1.82) is 0 Å². The van der Waals surface area contributed by atoms with Crippen molar-refractivity contribution >= 4 is 0 Å². The van der Waals surface area contributed by atoms with Crippen molar-refractivity contribution in [2.75, 3.05) is 26.2 Å². The van der Waals surface area contributed by atoms with Crippen LogP contribution in [0.4, 0.5) is 0 Å². The molecule has 2 rings (SSSR count). The molecule has 1 saturated heterocycles. The molecule has 1 saturated carbocycles. The van der Waals surface area contributed by atoms with Crippen LogP contribution in [0.5, 0.6) is 0 Å². The first-order chi connectivity index (χ1) is 7.74. The molecule has 0 aromatic carbocycles. The molecule has 1 aliphatic heterocycles. The molecule has 1 aliphatic carbocycles. The predicted molar refractivity (Wildman–Crippen MR) is 66.5 cm³/mol. The van der Waals surface area contributed by atoms with Crippen LogP contribution in [-0.2, 0) is 0 Å². The number of hydrogen-bond donors (Lipinski definition) is 2. The number of aliphatic hydroxyl groups is 1. The molecule has 0 spiro atoms. The van der Waals surface area contributed by atoms with Gasteiger partial charge in [0, 0.05) is 19.1 Å². The van der Waals surface area contributed by atoms with Crippen molar-refractivity contribution in [3.63, 3.8) is 0 Å². The molecular weight excluding hydrogens is 200 g/mol. The maximum atomic E-state index is 9.93. The third-order valence-electron chi connectivity index (χ3n) is 4.09. The van der Waals surface area contributed by atoms with Crippen LogP contribution < -0.4 is 5.32 Å². The Balaban J connectivity index is 1.57. The Morgan fingerprint density at radius 1 is 1.25 bits per heavy atom. The molecule has 2 N–H and O–H groups in total. The Hall–Kier alpha value is -0.120. The summed E-state index contributed by atoms with van der Waals surface area (Å²) in [5, 5.41) is 13.4. The monoisotopic (exact) mass is 226 g/mol. The lowest BCUT2D eigenvalue weighted by Crippen LogP contribution is -2.45. The van der Waals surface area contributed by atoms with Crippen molar-refractivity contribution in [1.82, 2.24) is 10.2 Å². The fourth-order valence-electron chi connectivity index (χ4n) is 2.52. The van der Waals surface area contributed by atoms with Gasteiger partial charge in [0.2, 0.25) is 0 Å². The second-order valence-corrected chi connectivity index (χ2v) is 5.67. The van der Waals surface area contributed by atoms with E-state index in [1.165, 1.54) is 45.2 Å². The number of likely N-dealkylation sites (tertiary alicyclic amines) is 1. The van der Waals surface area contributed by atoms with Gasteiger partial charge >= 0.3 is 0 Å². The van der Waals surface area contributed by atoms with Crippen LogP contribution in [-0.4, -0.2) is 48.3 Å². The summed E-state index contributed by atoms with van der Waals surface area (Å²) in [7, 11) is 0. The molecule has 0 bridgehead atoms. The second-order valence-electron chi connectivity index (χ2n) is 5.67. The van der Waals surface area contributed by atoms with Crippen LogP contribution in [0.1, 0.15) is 39.0 Å². The van der Waals surface area contributed by atoms with Crippen molar-refractivity contribution in [3.8, 4) is 0 Å². The van der Waals surface area contributed by atoms with Crippen LogP contribution >= 0.6 is 0 Å². The second kappa shape index (κ2) is 5.99. The Kier molecular flexibility index (Phi) is 4.62. The molecule has 2 aliphatic rings. The van der Waals surface area contributed by atoms with E-state index < -0.39 is 0 Å². The highest BCUT2D eigenvalue weighted by Gasteiger charge is 2.20. The van der Waals surface area contributed by atoms with E-state index in [4.69, 9.17) is 0 Å². The van der Waals surface area contributed by atoms with E-state index in [-0.39, 0.29) is 6.10 Å². The number of nitrogens with zero attached hydrogens (tertiary/aromatic N) is 1. The summed E-state index contributed by atoms with van der Waals surface area (Å²) in [5.41, 5.74) is 0. The first-order valence-corrected chi connectivity index (χ1v) is 6.88. The molecule has 16 heavy (non-hydrogen) atoms. The first kappa shape index (κ1) is 12.3. The van der Waals surface area contributed by atoms with Gasteiger partial charge in [-0.25, -0.2) is 0 Å². The molecule has 0 aromatic heterocycles. The SMILES string of the molecule is CC1CCN(CC(O)CNC2CCC2)CC1. The molecule has 3 heteroatoms. The summed E-state index contributed by atoms with van der Waals surface area (Å²) in [4.78, 5) is 2.41. The van der Waals surface area contributed by atoms with E-state index in [2.05, 4.69) is 17.1 Å². The summed E-state index contributed by atoms with van der Waals surface area (Å²) in [5.74, 6) is 0.876. The largest absolute Gasteiger partial charge is 0.390 e. The van der Waals surface area contributed by atoms with Gasteiger partial charge in [0.05, 0.1) is 6.10 Å². The normalized spacial score (nSPS) is 26.6. The zero-order valence-corrected chi connectivity index (χ0v) is 10.5. The number of rotatable bonds is 5. The predicted octanol–water partition coefficient (Wildman–Crippen LogP) is 1.22. The van der Waals surface area contributed by atoms with Gasteiger partial charge in [0.1, 0.15) is 0 Å². The Morgan fingerprint density at radius 2 is 1.94 bits per heavy atom. The van der Waals surface area contributed by atoms with Gasteiger partial charge in [0.25, 0.3) is 0 Å². The highest BCUT2D eigenvalue weighted by Crippen LogP contribution is 2.18. The minimum atomic E-state index is -0.186. The van der Waals surface area contributed by atoms with Crippen molar-refractivity contribution in [3.05, 3.63) is 0 Å². The summed E-state index contributed by atoms with van der Waals surface area (Å²) in [6.07, 6.45) is 6.36. The lowest BCUT2D eigenvalue weighted by molar-refractivity contribution is 0.0862. The van der Waals surface area contributed by atoms with Crippen LogP contribution in [0.25, 0.3) is 0 Å². The van der Waals surface area contributed by atoms with Gasteiger partial charge in [0.15, 0.2) is 0 Å². The van der Waals surface area contributed by atoms with Gasteiger partial charge in [-0.3, -0.25) is 0 Å². The van der Waals surface area contributed by atoms with Crippen molar-refractivity contribution < 1.29 is 5.11 Å². The average molecular weight is 226 g/mol. The molecule has 2 fully saturated rings. The molecule has 0 radical (unpaired) electrons. The number of piperidine rings is 1. The molecule has 3 nitrogen and oxygen atoms in total. The molecule has 1 unspecified atom stereocenters. The van der Waals surface area contributed by atoms with E-state index in [9.17, 15) is 5.11 Å². The van der Waals surface area contributed by atoms with E-state index in [1.54, 1.807) is 0 Å². The summed E-state index contributed by atoms with van der Waals surface area (Å²) in [6.45, 7) is 6.29. The van der Waals surface area contributed by atoms with Crippen molar-refractivity contribution in [2.45, 2.75) is 51.2 Å². The molecular formula is C13H26N2O. The maximum Gasteiger partial charge on any atom is 0.0791 e. The number of hydrogen-bond acceptors (Lipinski definition) is 3. The topological polar surface area (TPSA) is 35.5 Å². The quantitative estimate of drug-likeness (QED) is 0.740. The first-order valence-electron chi connectivity index (χ1n) is 6.88. The third-order valence-corrected chi connectivity index (χ3v) is 4.09. The van der Waals surface area contributed by atoms with E-state index >= 15 is 0 Å². The average Bonchev–Trinajstić information content (AvgIpc) is 2.19. The zero-order valence-electron chi connectivity index (χ0n) is 10.5. The lowest BCUT2D eigenvalue weighted by Gasteiger charge is -2.33. The van der Waals surface area contributed by atoms with Crippen LogP contribution in [0.15, 0.2) is 0 Å². The zero-order chi connectivity index (χ0) is 11.4. The molecule has 1 heterocycles. The lowest BCUT2D eigenvalue weighted by atomic mass is 9.93. The Labute approximate surface area is 99.2 Å². The highest BCUT2D eigenvalue weighted by molar-refractivity contribution is 4.79. The van der Waals surface area contributed by atoms with Crippen molar-refractivity contribution in [2.24, 2.45) is 5.92 Å². The standard InChI is InChI=1S/C13H26N2O/c1-11-5-7-15(8-6-11)10-13(16)9-14-12-3-2-4-12/h11-14,16H,2-10H2,1H3. The van der Waals surface area contributed by atoms with Gasteiger partial charge in [-0.2, -0.15) is 0 Å². The van der Waals surface area contributed by atoms with Crippen LogP contribution in [0.2, 0.25) is 0 Å². The van der Waals surface area contributed by atoms with Gasteiger partial charge in [-0.15, -0.1) is 0 Å².